The first-order valence-corrected chi connectivity index (χ1v) is 10.4. The SMILES string of the molecule is CC(C)CC(=O)Nc1ccc(NC(=O)CCCc2nc(-c3cccs3)no2)cc1. The smallest absolute Gasteiger partial charge is 0.226 e. The van der Waals surface area contributed by atoms with Crippen LogP contribution in [0.25, 0.3) is 10.7 Å². The standard InChI is InChI=1S/C21H24N4O3S/c1-14(2)13-19(27)23-16-10-8-15(9-11-16)22-18(26)6-3-7-20-24-21(25-28-20)17-5-4-12-29-17/h4-5,8-12,14H,3,6-7,13H2,1-2H3,(H,22,26)(H,23,27). The number of hydrogen-bond acceptors (Lipinski definition) is 6. The maximum atomic E-state index is 12.1. The largest absolute Gasteiger partial charge is 0.339 e. The third-order valence-electron chi connectivity index (χ3n) is 4.05. The lowest BCUT2D eigenvalue weighted by Crippen LogP contribution is -2.14. The van der Waals surface area contributed by atoms with Crippen LogP contribution in [0.3, 0.4) is 0 Å². The van der Waals surface area contributed by atoms with Gasteiger partial charge < -0.3 is 15.2 Å². The summed E-state index contributed by atoms with van der Waals surface area (Å²) in [6.07, 6.45) is 1.99. The number of hydrogen-bond donors (Lipinski definition) is 2. The molecular weight excluding hydrogens is 388 g/mol. The minimum absolute atomic E-state index is 0.0138. The fourth-order valence-corrected chi connectivity index (χ4v) is 3.35. The molecule has 2 amide bonds. The molecule has 2 heterocycles. The lowest BCUT2D eigenvalue weighted by molar-refractivity contribution is -0.117. The van der Waals surface area contributed by atoms with Gasteiger partial charge in [-0.3, -0.25) is 9.59 Å². The maximum absolute atomic E-state index is 12.1. The molecule has 3 rings (SSSR count). The van der Waals surface area contributed by atoms with Gasteiger partial charge >= 0.3 is 0 Å². The predicted octanol–water partition coefficient (Wildman–Crippen LogP) is 4.74. The van der Waals surface area contributed by atoms with E-state index in [0.717, 1.165) is 4.88 Å². The molecule has 0 bridgehead atoms. The summed E-state index contributed by atoms with van der Waals surface area (Å²) >= 11 is 1.55. The Kier molecular flexibility index (Phi) is 7.13. The molecule has 152 valence electrons. The van der Waals surface area contributed by atoms with Crippen LogP contribution in [-0.2, 0) is 16.0 Å². The van der Waals surface area contributed by atoms with Crippen LogP contribution in [0.2, 0.25) is 0 Å². The van der Waals surface area contributed by atoms with Gasteiger partial charge in [-0.25, -0.2) is 0 Å². The lowest BCUT2D eigenvalue weighted by atomic mass is 10.1. The van der Waals surface area contributed by atoms with Crippen LogP contribution in [0, 0.1) is 5.92 Å². The van der Waals surface area contributed by atoms with Crippen molar-refractivity contribution in [3.05, 3.63) is 47.7 Å². The molecule has 1 aromatic carbocycles. The first-order valence-electron chi connectivity index (χ1n) is 9.56. The van der Waals surface area contributed by atoms with E-state index in [2.05, 4.69) is 20.8 Å². The minimum Gasteiger partial charge on any atom is -0.339 e. The topological polar surface area (TPSA) is 97.1 Å². The molecule has 0 fully saturated rings. The summed E-state index contributed by atoms with van der Waals surface area (Å²) in [4.78, 5) is 29.2. The van der Waals surface area contributed by atoms with Crippen molar-refractivity contribution in [2.45, 2.75) is 39.5 Å². The van der Waals surface area contributed by atoms with Gasteiger partial charge in [0.05, 0.1) is 4.88 Å². The van der Waals surface area contributed by atoms with E-state index in [0.29, 0.717) is 54.7 Å². The lowest BCUT2D eigenvalue weighted by Gasteiger charge is -2.09. The average Bonchev–Trinajstić information content (AvgIpc) is 3.34. The second kappa shape index (κ2) is 9.97. The number of nitrogens with zero attached hydrogens (tertiary/aromatic N) is 2. The summed E-state index contributed by atoms with van der Waals surface area (Å²) in [6.45, 7) is 4.00. The van der Waals surface area contributed by atoms with E-state index >= 15 is 0 Å². The predicted molar refractivity (Wildman–Crippen MR) is 114 cm³/mol. The number of aryl methyl sites for hydroxylation is 1. The van der Waals surface area contributed by atoms with E-state index in [1.807, 2.05) is 31.4 Å². The second-order valence-electron chi connectivity index (χ2n) is 7.11. The number of anilines is 2. The molecule has 0 unspecified atom stereocenters. The summed E-state index contributed by atoms with van der Waals surface area (Å²) in [6, 6.07) is 11.0. The zero-order valence-corrected chi connectivity index (χ0v) is 17.3. The van der Waals surface area contributed by atoms with Crippen molar-refractivity contribution < 1.29 is 14.1 Å². The van der Waals surface area contributed by atoms with E-state index in [4.69, 9.17) is 4.52 Å². The van der Waals surface area contributed by atoms with Gasteiger partial charge in [0.1, 0.15) is 0 Å². The van der Waals surface area contributed by atoms with Crippen LogP contribution in [0.15, 0.2) is 46.3 Å². The van der Waals surface area contributed by atoms with Crippen molar-refractivity contribution >= 4 is 34.5 Å². The first kappa shape index (κ1) is 20.7. The van der Waals surface area contributed by atoms with Crippen LogP contribution in [-0.4, -0.2) is 22.0 Å². The molecule has 2 N–H and O–H groups in total. The Balaban J connectivity index is 1.41. The van der Waals surface area contributed by atoms with Gasteiger partial charge in [-0.2, -0.15) is 4.98 Å². The number of aromatic nitrogens is 2. The summed E-state index contributed by atoms with van der Waals surface area (Å²) in [5.41, 5.74) is 1.40. The summed E-state index contributed by atoms with van der Waals surface area (Å²) in [5, 5.41) is 11.6. The highest BCUT2D eigenvalue weighted by atomic mass is 32.1. The highest BCUT2D eigenvalue weighted by Crippen LogP contribution is 2.21. The number of amides is 2. The fraction of sp³-hybridized carbons (Fsp3) is 0.333. The molecule has 0 saturated heterocycles. The Bertz CT molecular complexity index is 933. The molecule has 0 saturated carbocycles. The minimum atomic E-state index is -0.0837. The normalized spacial score (nSPS) is 10.9. The summed E-state index contributed by atoms with van der Waals surface area (Å²) in [7, 11) is 0. The van der Waals surface area contributed by atoms with E-state index in [-0.39, 0.29) is 11.8 Å². The van der Waals surface area contributed by atoms with E-state index < -0.39 is 0 Å². The van der Waals surface area contributed by atoms with Gasteiger partial charge in [0.15, 0.2) is 0 Å². The van der Waals surface area contributed by atoms with Crippen molar-refractivity contribution in [2.75, 3.05) is 10.6 Å². The number of rotatable bonds is 9. The maximum Gasteiger partial charge on any atom is 0.226 e. The molecule has 8 heteroatoms. The van der Waals surface area contributed by atoms with Crippen molar-refractivity contribution in [2.24, 2.45) is 5.92 Å². The Labute approximate surface area is 173 Å². The third-order valence-corrected chi connectivity index (χ3v) is 4.92. The van der Waals surface area contributed by atoms with E-state index in [1.54, 1.807) is 35.6 Å². The summed E-state index contributed by atoms with van der Waals surface area (Å²) in [5.74, 6) is 1.32. The molecule has 0 atom stereocenters. The van der Waals surface area contributed by atoms with Gasteiger partial charge in [0, 0.05) is 30.6 Å². The number of benzene rings is 1. The Morgan fingerprint density at radius 1 is 1.07 bits per heavy atom. The molecule has 3 aromatic rings. The molecule has 0 spiro atoms. The number of carbonyl (C=O) groups is 2. The molecule has 0 radical (unpaired) electrons. The van der Waals surface area contributed by atoms with Gasteiger partial charge in [0.25, 0.3) is 0 Å². The van der Waals surface area contributed by atoms with Crippen LogP contribution < -0.4 is 10.6 Å². The zero-order chi connectivity index (χ0) is 20.6. The number of thiophene rings is 1. The molecule has 0 aliphatic carbocycles. The first-order chi connectivity index (χ1) is 14.0. The molecule has 7 nitrogen and oxygen atoms in total. The fourth-order valence-electron chi connectivity index (χ4n) is 2.71. The highest BCUT2D eigenvalue weighted by molar-refractivity contribution is 7.13. The van der Waals surface area contributed by atoms with Crippen molar-refractivity contribution in [1.82, 2.24) is 10.1 Å². The van der Waals surface area contributed by atoms with Gasteiger partial charge in [-0.15, -0.1) is 11.3 Å². The van der Waals surface area contributed by atoms with Crippen LogP contribution >= 0.6 is 11.3 Å². The Morgan fingerprint density at radius 3 is 2.38 bits per heavy atom. The Hall–Kier alpha value is -3.00. The van der Waals surface area contributed by atoms with Crippen LogP contribution in [0.1, 0.15) is 39.0 Å². The molecule has 0 aliphatic rings. The molecular formula is C21H24N4O3S. The second-order valence-corrected chi connectivity index (χ2v) is 8.06. The summed E-state index contributed by atoms with van der Waals surface area (Å²) < 4.78 is 5.24. The number of nitrogens with one attached hydrogen (secondary N) is 2. The number of carbonyl (C=O) groups excluding carboxylic acids is 2. The van der Waals surface area contributed by atoms with Crippen LogP contribution in [0.5, 0.6) is 0 Å². The van der Waals surface area contributed by atoms with E-state index in [9.17, 15) is 9.59 Å². The molecule has 2 aromatic heterocycles. The van der Waals surface area contributed by atoms with Gasteiger partial charge in [-0.05, 0) is 48.1 Å². The monoisotopic (exact) mass is 412 g/mol. The average molecular weight is 413 g/mol. The van der Waals surface area contributed by atoms with Crippen LogP contribution in [0.4, 0.5) is 11.4 Å². The van der Waals surface area contributed by atoms with E-state index in [1.165, 1.54) is 0 Å². The molecule has 0 aliphatic heterocycles. The van der Waals surface area contributed by atoms with Crippen molar-refractivity contribution in [3.8, 4) is 10.7 Å². The molecule has 29 heavy (non-hydrogen) atoms. The third kappa shape index (κ3) is 6.53. The van der Waals surface area contributed by atoms with Gasteiger partial charge in [0.2, 0.25) is 23.5 Å². The zero-order valence-electron chi connectivity index (χ0n) is 16.5. The highest BCUT2D eigenvalue weighted by Gasteiger charge is 2.10. The quantitative estimate of drug-likeness (QED) is 0.529. The Morgan fingerprint density at radius 2 is 1.76 bits per heavy atom. The van der Waals surface area contributed by atoms with Gasteiger partial charge in [-0.1, -0.05) is 25.1 Å². The van der Waals surface area contributed by atoms with Crippen molar-refractivity contribution in [3.63, 3.8) is 0 Å². The van der Waals surface area contributed by atoms with Crippen molar-refractivity contribution in [1.29, 1.82) is 0 Å².